The number of rotatable bonds is 5. The molecule has 2 N–H and O–H groups in total. The van der Waals surface area contributed by atoms with Crippen LogP contribution < -0.4 is 5.73 Å². The molecule has 1 aliphatic rings. The topological polar surface area (TPSA) is 46.3 Å². The first-order chi connectivity index (χ1) is 8.70. The fourth-order valence-electron chi connectivity index (χ4n) is 2.88. The molecule has 1 aromatic rings. The standard InChI is InChI=1S/C15H22N2O.ClH/c1-3-17(4-2)14(18)15(10-13(15)11-16)12-8-6-5-7-9-12;/h5-9,13H,3-4,10-11,16H2,1-2H3;1H/t13?,15-;/m1./s1. The number of benzene rings is 1. The molecule has 1 aliphatic carbocycles. The highest BCUT2D eigenvalue weighted by Crippen LogP contribution is 2.54. The van der Waals surface area contributed by atoms with Gasteiger partial charge in [-0.05, 0) is 38.3 Å². The summed E-state index contributed by atoms with van der Waals surface area (Å²) in [6, 6.07) is 10.1. The molecule has 0 saturated heterocycles. The predicted molar refractivity (Wildman–Crippen MR) is 80.5 cm³/mol. The third-order valence-electron chi connectivity index (χ3n) is 4.11. The van der Waals surface area contributed by atoms with Crippen LogP contribution in [0.15, 0.2) is 30.3 Å². The Morgan fingerprint density at radius 3 is 2.32 bits per heavy atom. The summed E-state index contributed by atoms with van der Waals surface area (Å²) in [4.78, 5) is 14.6. The third-order valence-corrected chi connectivity index (χ3v) is 4.11. The normalized spacial score (nSPS) is 24.5. The van der Waals surface area contributed by atoms with Crippen molar-refractivity contribution < 1.29 is 4.79 Å². The molecule has 4 heteroatoms. The molecule has 3 nitrogen and oxygen atoms in total. The van der Waals surface area contributed by atoms with Crippen LogP contribution in [0.4, 0.5) is 0 Å². The molecule has 0 aliphatic heterocycles. The first-order valence-electron chi connectivity index (χ1n) is 6.75. The molecular weight excluding hydrogens is 260 g/mol. The molecule has 19 heavy (non-hydrogen) atoms. The van der Waals surface area contributed by atoms with Gasteiger partial charge in [0.25, 0.3) is 0 Å². The summed E-state index contributed by atoms with van der Waals surface area (Å²) in [6.07, 6.45) is 0.892. The van der Waals surface area contributed by atoms with Gasteiger partial charge in [-0.2, -0.15) is 0 Å². The van der Waals surface area contributed by atoms with E-state index >= 15 is 0 Å². The maximum Gasteiger partial charge on any atom is 0.233 e. The summed E-state index contributed by atoms with van der Waals surface area (Å²) in [5.74, 6) is 0.544. The number of carbonyl (C=O) groups excluding carboxylic acids is 1. The second kappa shape index (κ2) is 6.40. The molecule has 1 fully saturated rings. The Hall–Kier alpha value is -1.06. The van der Waals surface area contributed by atoms with Crippen LogP contribution in [0.2, 0.25) is 0 Å². The van der Waals surface area contributed by atoms with Crippen molar-refractivity contribution in [1.29, 1.82) is 0 Å². The summed E-state index contributed by atoms with van der Waals surface area (Å²) in [5, 5.41) is 0. The maximum atomic E-state index is 12.7. The van der Waals surface area contributed by atoms with Gasteiger partial charge < -0.3 is 10.6 Å². The summed E-state index contributed by atoms with van der Waals surface area (Å²) in [5.41, 5.74) is 6.57. The lowest BCUT2D eigenvalue weighted by Crippen LogP contribution is -2.40. The zero-order chi connectivity index (χ0) is 13.2. The number of hydrogen-bond donors (Lipinski definition) is 1. The van der Waals surface area contributed by atoms with E-state index in [-0.39, 0.29) is 23.7 Å². The number of amides is 1. The SMILES string of the molecule is CCN(CC)C(=O)[C@@]1(c2ccccc2)CC1CN.Cl. The average Bonchev–Trinajstić information content (AvgIpc) is 3.17. The van der Waals surface area contributed by atoms with Crippen LogP contribution >= 0.6 is 12.4 Å². The number of hydrogen-bond acceptors (Lipinski definition) is 2. The molecule has 106 valence electrons. The monoisotopic (exact) mass is 282 g/mol. The molecular formula is C15H23ClN2O. The molecule has 1 unspecified atom stereocenters. The third kappa shape index (κ3) is 2.63. The maximum absolute atomic E-state index is 12.7. The molecule has 0 aromatic heterocycles. The summed E-state index contributed by atoms with van der Waals surface area (Å²) < 4.78 is 0. The molecule has 0 spiro atoms. The minimum atomic E-state index is -0.345. The van der Waals surface area contributed by atoms with Gasteiger partial charge in [0.1, 0.15) is 0 Å². The van der Waals surface area contributed by atoms with Crippen molar-refractivity contribution in [3.63, 3.8) is 0 Å². The number of nitrogens with zero attached hydrogens (tertiary/aromatic N) is 1. The highest BCUT2D eigenvalue weighted by atomic mass is 35.5. The Bertz CT molecular complexity index is 419. The van der Waals surface area contributed by atoms with Crippen LogP contribution in [-0.2, 0) is 10.2 Å². The van der Waals surface area contributed by atoms with Gasteiger partial charge in [-0.3, -0.25) is 4.79 Å². The Balaban J connectivity index is 0.00000180. The fourth-order valence-corrected chi connectivity index (χ4v) is 2.88. The Labute approximate surface area is 121 Å². The van der Waals surface area contributed by atoms with Gasteiger partial charge in [0.15, 0.2) is 0 Å². The molecule has 1 aromatic carbocycles. The lowest BCUT2D eigenvalue weighted by Gasteiger charge is -2.26. The minimum Gasteiger partial charge on any atom is -0.342 e. The van der Waals surface area contributed by atoms with Crippen molar-refractivity contribution in [1.82, 2.24) is 4.90 Å². The summed E-state index contributed by atoms with van der Waals surface area (Å²) in [6.45, 7) is 6.17. The number of likely N-dealkylation sites (N-methyl/N-ethyl adjacent to an activating group) is 1. The van der Waals surface area contributed by atoms with Gasteiger partial charge >= 0.3 is 0 Å². The number of nitrogens with two attached hydrogens (primary N) is 1. The lowest BCUT2D eigenvalue weighted by atomic mass is 9.91. The Morgan fingerprint density at radius 2 is 1.89 bits per heavy atom. The largest absolute Gasteiger partial charge is 0.342 e. The van der Waals surface area contributed by atoms with Crippen molar-refractivity contribution in [3.05, 3.63) is 35.9 Å². The molecule has 1 amide bonds. The lowest BCUT2D eigenvalue weighted by molar-refractivity contribution is -0.134. The van der Waals surface area contributed by atoms with E-state index in [1.54, 1.807) is 0 Å². The smallest absolute Gasteiger partial charge is 0.233 e. The van der Waals surface area contributed by atoms with E-state index in [2.05, 4.69) is 12.1 Å². The van der Waals surface area contributed by atoms with Crippen LogP contribution in [0.1, 0.15) is 25.8 Å². The van der Waals surface area contributed by atoms with E-state index < -0.39 is 0 Å². The van der Waals surface area contributed by atoms with Crippen molar-refractivity contribution >= 4 is 18.3 Å². The van der Waals surface area contributed by atoms with E-state index in [1.165, 1.54) is 0 Å². The molecule has 2 rings (SSSR count). The highest BCUT2D eigenvalue weighted by Gasteiger charge is 2.61. The molecule has 2 atom stereocenters. The Morgan fingerprint density at radius 1 is 1.32 bits per heavy atom. The minimum absolute atomic E-state index is 0. The quantitative estimate of drug-likeness (QED) is 0.900. The second-order valence-electron chi connectivity index (χ2n) is 4.95. The van der Waals surface area contributed by atoms with Gasteiger partial charge in [-0.25, -0.2) is 0 Å². The van der Waals surface area contributed by atoms with Crippen molar-refractivity contribution in [2.75, 3.05) is 19.6 Å². The number of carbonyl (C=O) groups is 1. The van der Waals surface area contributed by atoms with E-state index in [9.17, 15) is 4.79 Å². The zero-order valence-electron chi connectivity index (χ0n) is 11.6. The van der Waals surface area contributed by atoms with E-state index in [0.29, 0.717) is 12.5 Å². The first-order valence-corrected chi connectivity index (χ1v) is 6.75. The predicted octanol–water partition coefficient (Wildman–Crippen LogP) is 2.19. The molecule has 0 radical (unpaired) electrons. The van der Waals surface area contributed by atoms with Gasteiger partial charge in [0.05, 0.1) is 5.41 Å². The number of halogens is 1. The summed E-state index contributed by atoms with van der Waals surface area (Å²) >= 11 is 0. The van der Waals surface area contributed by atoms with Crippen LogP contribution in [0.25, 0.3) is 0 Å². The van der Waals surface area contributed by atoms with E-state index in [1.807, 2.05) is 36.9 Å². The van der Waals surface area contributed by atoms with E-state index in [4.69, 9.17) is 5.73 Å². The van der Waals surface area contributed by atoms with Crippen molar-refractivity contribution in [2.24, 2.45) is 11.7 Å². The fraction of sp³-hybridized carbons (Fsp3) is 0.533. The van der Waals surface area contributed by atoms with Gasteiger partial charge in [0, 0.05) is 13.1 Å². The van der Waals surface area contributed by atoms with Crippen LogP contribution in [0.3, 0.4) is 0 Å². The van der Waals surface area contributed by atoms with Crippen molar-refractivity contribution in [3.8, 4) is 0 Å². The average molecular weight is 283 g/mol. The highest BCUT2D eigenvalue weighted by molar-refractivity contribution is 5.92. The molecule has 1 saturated carbocycles. The van der Waals surface area contributed by atoms with Gasteiger partial charge in [-0.15, -0.1) is 12.4 Å². The van der Waals surface area contributed by atoms with Crippen LogP contribution in [-0.4, -0.2) is 30.4 Å². The molecule has 0 bridgehead atoms. The Kier molecular flexibility index (Phi) is 5.39. The van der Waals surface area contributed by atoms with Gasteiger partial charge in [-0.1, -0.05) is 30.3 Å². The van der Waals surface area contributed by atoms with Crippen LogP contribution in [0.5, 0.6) is 0 Å². The van der Waals surface area contributed by atoms with E-state index in [0.717, 1.165) is 25.1 Å². The zero-order valence-corrected chi connectivity index (χ0v) is 12.5. The first kappa shape index (κ1) is 16.0. The van der Waals surface area contributed by atoms with Crippen molar-refractivity contribution in [2.45, 2.75) is 25.7 Å². The van der Waals surface area contributed by atoms with Gasteiger partial charge in [0.2, 0.25) is 5.91 Å². The molecule has 0 heterocycles. The summed E-state index contributed by atoms with van der Waals surface area (Å²) in [7, 11) is 0. The van der Waals surface area contributed by atoms with Crippen LogP contribution in [0, 0.1) is 5.92 Å². The second-order valence-corrected chi connectivity index (χ2v) is 4.95.